The van der Waals surface area contributed by atoms with Crippen LogP contribution in [0.25, 0.3) is 0 Å². The number of piperazine rings is 1. The Bertz CT molecular complexity index is 855. The van der Waals surface area contributed by atoms with Crippen LogP contribution in [-0.2, 0) is 9.59 Å². The van der Waals surface area contributed by atoms with Gasteiger partial charge in [0.15, 0.2) is 0 Å². The van der Waals surface area contributed by atoms with Gasteiger partial charge in [0.2, 0.25) is 11.8 Å². The summed E-state index contributed by atoms with van der Waals surface area (Å²) < 4.78 is 0. The Hall–Kier alpha value is -2.08. The molecule has 4 aliphatic carbocycles. The molecule has 2 N–H and O–H groups in total. The molecular formula is C26H38N4O2. The fourth-order valence-electron chi connectivity index (χ4n) is 7.19. The number of rotatable bonds is 5. The van der Waals surface area contributed by atoms with Gasteiger partial charge in [-0.3, -0.25) is 9.59 Å². The third-order valence-electron chi connectivity index (χ3n) is 8.57. The van der Waals surface area contributed by atoms with Gasteiger partial charge < -0.3 is 20.4 Å². The lowest BCUT2D eigenvalue weighted by Gasteiger charge is -2.55. The predicted octanol–water partition coefficient (Wildman–Crippen LogP) is 3.41. The van der Waals surface area contributed by atoms with Gasteiger partial charge in [-0.1, -0.05) is 0 Å². The van der Waals surface area contributed by atoms with E-state index < -0.39 is 6.04 Å². The minimum atomic E-state index is -0.534. The lowest BCUT2D eigenvalue weighted by atomic mass is 9.49. The Morgan fingerprint density at radius 1 is 1.00 bits per heavy atom. The smallest absolute Gasteiger partial charge is 0.246 e. The molecule has 6 nitrogen and oxygen atoms in total. The summed E-state index contributed by atoms with van der Waals surface area (Å²) in [6.45, 7) is 8.09. The molecule has 0 spiro atoms. The van der Waals surface area contributed by atoms with Crippen LogP contribution in [0.4, 0.5) is 11.4 Å². The van der Waals surface area contributed by atoms with Crippen molar-refractivity contribution >= 4 is 23.2 Å². The van der Waals surface area contributed by atoms with E-state index in [-0.39, 0.29) is 17.2 Å². The fourth-order valence-corrected chi connectivity index (χ4v) is 7.19. The standard InChI is InChI=1S/C26H38N4O2/c1-17-10-22(4-5-23(17)30-8-6-29(3)7-9-30)28-24(31)18(2)27-25(32)26-14-19-11-20(15-26)13-21(12-19)16-26/h4-5,10,18-21H,6-9,11-16H2,1-3H3,(H,27,32)(H,28,31)/t18-,19?,20?,21?,26?/m1/s1. The molecule has 1 saturated heterocycles. The lowest BCUT2D eigenvalue weighted by Crippen LogP contribution is -2.56. The van der Waals surface area contributed by atoms with Gasteiger partial charge in [-0.2, -0.15) is 0 Å². The molecule has 6 rings (SSSR count). The minimum Gasteiger partial charge on any atom is -0.369 e. The highest BCUT2D eigenvalue weighted by atomic mass is 16.2. The third-order valence-corrected chi connectivity index (χ3v) is 8.57. The van der Waals surface area contributed by atoms with Crippen LogP contribution in [0.2, 0.25) is 0 Å². The average molecular weight is 439 g/mol. The molecule has 4 saturated carbocycles. The maximum absolute atomic E-state index is 13.3. The van der Waals surface area contributed by atoms with Crippen molar-refractivity contribution in [2.24, 2.45) is 23.2 Å². The SMILES string of the molecule is Cc1cc(NC(=O)[C@@H](C)NC(=O)C23CC4CC(CC(C4)C2)C3)ccc1N1CCN(C)CC1. The van der Waals surface area contributed by atoms with Crippen molar-refractivity contribution in [3.05, 3.63) is 23.8 Å². The summed E-state index contributed by atoms with van der Waals surface area (Å²) in [7, 11) is 2.16. The average Bonchev–Trinajstić information content (AvgIpc) is 2.73. The number of hydrogen-bond donors (Lipinski definition) is 2. The van der Waals surface area contributed by atoms with Crippen LogP contribution in [-0.4, -0.2) is 56.0 Å². The number of anilines is 2. The zero-order valence-corrected chi connectivity index (χ0v) is 19.8. The molecule has 5 aliphatic rings. The highest BCUT2D eigenvalue weighted by Crippen LogP contribution is 2.60. The van der Waals surface area contributed by atoms with E-state index in [1.54, 1.807) is 6.92 Å². The van der Waals surface area contributed by atoms with Crippen LogP contribution < -0.4 is 15.5 Å². The molecule has 1 aromatic carbocycles. The molecule has 2 amide bonds. The Kier molecular flexibility index (Phi) is 5.68. The van der Waals surface area contributed by atoms with Crippen molar-refractivity contribution in [1.82, 2.24) is 10.2 Å². The number of hydrogen-bond acceptors (Lipinski definition) is 4. The zero-order chi connectivity index (χ0) is 22.5. The molecule has 4 bridgehead atoms. The first-order valence-corrected chi connectivity index (χ1v) is 12.5. The number of amides is 2. The van der Waals surface area contributed by atoms with Gasteiger partial charge >= 0.3 is 0 Å². The molecule has 1 heterocycles. The lowest BCUT2D eigenvalue weighted by molar-refractivity contribution is -0.147. The molecule has 0 unspecified atom stereocenters. The summed E-state index contributed by atoms with van der Waals surface area (Å²) >= 11 is 0. The number of nitrogens with one attached hydrogen (secondary N) is 2. The van der Waals surface area contributed by atoms with Gasteiger partial charge in [-0.25, -0.2) is 0 Å². The maximum atomic E-state index is 13.3. The molecule has 0 radical (unpaired) electrons. The van der Waals surface area contributed by atoms with Gasteiger partial charge in [0.1, 0.15) is 6.04 Å². The Morgan fingerprint density at radius 2 is 1.59 bits per heavy atom. The zero-order valence-electron chi connectivity index (χ0n) is 19.8. The topological polar surface area (TPSA) is 64.7 Å². The van der Waals surface area contributed by atoms with Crippen molar-refractivity contribution in [3.8, 4) is 0 Å². The Morgan fingerprint density at radius 3 is 2.16 bits per heavy atom. The van der Waals surface area contributed by atoms with Crippen LogP contribution in [0.15, 0.2) is 18.2 Å². The largest absolute Gasteiger partial charge is 0.369 e. The molecule has 5 fully saturated rings. The van der Waals surface area contributed by atoms with Crippen LogP contribution in [0.3, 0.4) is 0 Å². The molecule has 174 valence electrons. The number of carbonyl (C=O) groups excluding carboxylic acids is 2. The number of carbonyl (C=O) groups is 2. The van der Waals surface area contributed by atoms with Crippen molar-refractivity contribution in [2.45, 2.75) is 58.4 Å². The van der Waals surface area contributed by atoms with E-state index in [1.165, 1.54) is 24.9 Å². The van der Waals surface area contributed by atoms with Gasteiger partial charge in [-0.05, 0) is 101 Å². The van der Waals surface area contributed by atoms with Gasteiger partial charge in [-0.15, -0.1) is 0 Å². The second kappa shape index (κ2) is 8.36. The van der Waals surface area contributed by atoms with Crippen molar-refractivity contribution in [1.29, 1.82) is 0 Å². The highest BCUT2D eigenvalue weighted by Gasteiger charge is 2.54. The number of nitrogens with zero attached hydrogens (tertiary/aromatic N) is 2. The third kappa shape index (κ3) is 4.14. The van der Waals surface area contributed by atoms with E-state index in [2.05, 4.69) is 40.5 Å². The summed E-state index contributed by atoms with van der Waals surface area (Å²) in [6.07, 6.45) is 6.99. The summed E-state index contributed by atoms with van der Waals surface area (Å²) in [5.41, 5.74) is 2.97. The molecular weight excluding hydrogens is 400 g/mol. The number of benzene rings is 1. The van der Waals surface area contributed by atoms with Gasteiger partial charge in [0.05, 0.1) is 0 Å². The predicted molar refractivity (Wildman–Crippen MR) is 128 cm³/mol. The first-order chi connectivity index (χ1) is 15.3. The minimum absolute atomic E-state index is 0.112. The summed E-state index contributed by atoms with van der Waals surface area (Å²) in [6, 6.07) is 5.59. The number of aryl methyl sites for hydroxylation is 1. The summed E-state index contributed by atoms with van der Waals surface area (Å²) in [4.78, 5) is 30.9. The molecule has 1 atom stereocenters. The van der Waals surface area contributed by atoms with Gasteiger partial charge in [0, 0.05) is 43.0 Å². The van der Waals surface area contributed by atoms with E-state index >= 15 is 0 Å². The van der Waals surface area contributed by atoms with Crippen LogP contribution in [0.1, 0.15) is 51.0 Å². The first-order valence-electron chi connectivity index (χ1n) is 12.5. The number of likely N-dealkylation sites (N-methyl/N-ethyl adjacent to an activating group) is 1. The van der Waals surface area contributed by atoms with Gasteiger partial charge in [0.25, 0.3) is 0 Å². The molecule has 32 heavy (non-hydrogen) atoms. The molecule has 1 aliphatic heterocycles. The van der Waals surface area contributed by atoms with Crippen LogP contribution in [0.5, 0.6) is 0 Å². The Labute approximate surface area is 192 Å². The van der Waals surface area contributed by atoms with Crippen LogP contribution >= 0.6 is 0 Å². The van der Waals surface area contributed by atoms with E-state index in [1.807, 2.05) is 12.1 Å². The van der Waals surface area contributed by atoms with Crippen molar-refractivity contribution < 1.29 is 9.59 Å². The highest BCUT2D eigenvalue weighted by molar-refractivity contribution is 5.98. The quantitative estimate of drug-likeness (QED) is 0.740. The summed E-state index contributed by atoms with van der Waals surface area (Å²) in [5, 5.41) is 6.09. The van der Waals surface area contributed by atoms with E-state index in [4.69, 9.17) is 0 Å². The molecule has 0 aromatic heterocycles. The second-order valence-electron chi connectivity index (χ2n) is 11.2. The Balaban J connectivity index is 1.19. The van der Waals surface area contributed by atoms with Crippen molar-refractivity contribution in [2.75, 3.05) is 43.4 Å². The van der Waals surface area contributed by atoms with E-state index in [0.717, 1.165) is 74.4 Å². The second-order valence-corrected chi connectivity index (χ2v) is 11.2. The molecule has 6 heteroatoms. The van der Waals surface area contributed by atoms with Crippen molar-refractivity contribution in [3.63, 3.8) is 0 Å². The summed E-state index contributed by atoms with van der Waals surface area (Å²) in [5.74, 6) is 2.13. The maximum Gasteiger partial charge on any atom is 0.246 e. The first kappa shape index (κ1) is 21.7. The fraction of sp³-hybridized carbons (Fsp3) is 0.692. The normalized spacial score (nSPS) is 32.6. The van der Waals surface area contributed by atoms with E-state index in [0.29, 0.717) is 0 Å². The van der Waals surface area contributed by atoms with Crippen LogP contribution in [0, 0.1) is 30.1 Å². The molecule has 1 aromatic rings. The monoisotopic (exact) mass is 438 g/mol. The van der Waals surface area contributed by atoms with E-state index in [9.17, 15) is 9.59 Å².